The Morgan fingerprint density at radius 3 is 2.73 bits per heavy atom. The molecule has 7 heteroatoms. The number of nitrogens with zero attached hydrogens (tertiary/aromatic N) is 2. The van der Waals surface area contributed by atoms with Crippen molar-refractivity contribution in [1.82, 2.24) is 9.88 Å². The van der Waals surface area contributed by atoms with Crippen molar-refractivity contribution in [2.45, 2.75) is 6.54 Å². The van der Waals surface area contributed by atoms with Crippen LogP contribution in [0.3, 0.4) is 0 Å². The van der Waals surface area contributed by atoms with Gasteiger partial charge < -0.3 is 9.64 Å². The summed E-state index contributed by atoms with van der Waals surface area (Å²) < 4.78 is 5.34. The molecule has 0 aliphatic carbocycles. The number of ether oxygens (including phenoxy) is 1. The van der Waals surface area contributed by atoms with Crippen molar-refractivity contribution in [3.05, 3.63) is 69.1 Å². The molecule has 0 atom stereocenters. The number of methoxy groups -OCH3 is 1. The molecule has 0 aliphatic rings. The molecule has 26 heavy (non-hydrogen) atoms. The average Bonchev–Trinajstić information content (AvgIpc) is 3.11. The molecule has 1 aromatic heterocycles. The number of amides is 1. The van der Waals surface area contributed by atoms with E-state index in [-0.39, 0.29) is 5.91 Å². The van der Waals surface area contributed by atoms with E-state index in [2.05, 4.69) is 4.98 Å². The lowest BCUT2D eigenvalue weighted by molar-refractivity contribution is 0.0788. The molecule has 0 unspecified atom stereocenters. The second-order valence-corrected chi connectivity index (χ2v) is 7.50. The Hall–Kier alpha value is -2.08. The number of thiazole rings is 1. The summed E-state index contributed by atoms with van der Waals surface area (Å²) in [6, 6.07) is 12.8. The maximum Gasteiger partial charge on any atom is 0.265 e. The molecule has 0 radical (unpaired) electrons. The second-order valence-electron chi connectivity index (χ2n) is 5.63. The fraction of sp³-hybridized carbons (Fsp3) is 0.158. The SMILES string of the molecule is COc1ccc(Cl)cc1CN(C)C(=O)c1cnc(-c2ccccc2Cl)s1. The number of aromatic nitrogens is 1. The molecule has 0 saturated carbocycles. The van der Waals surface area contributed by atoms with Crippen LogP contribution >= 0.6 is 34.5 Å². The lowest BCUT2D eigenvalue weighted by atomic mass is 10.2. The predicted octanol–water partition coefficient (Wildman–Crippen LogP) is 5.40. The number of carbonyl (C=O) groups is 1. The Morgan fingerprint density at radius 2 is 2.00 bits per heavy atom. The van der Waals surface area contributed by atoms with Crippen LogP contribution in [0.4, 0.5) is 0 Å². The van der Waals surface area contributed by atoms with Gasteiger partial charge in [-0.2, -0.15) is 0 Å². The normalized spacial score (nSPS) is 10.6. The van der Waals surface area contributed by atoms with E-state index in [1.807, 2.05) is 18.2 Å². The number of rotatable bonds is 5. The van der Waals surface area contributed by atoms with E-state index >= 15 is 0 Å². The Balaban J connectivity index is 1.80. The summed E-state index contributed by atoms with van der Waals surface area (Å²) in [6.45, 7) is 0.377. The molecule has 134 valence electrons. The van der Waals surface area contributed by atoms with E-state index in [9.17, 15) is 4.79 Å². The molecule has 1 amide bonds. The Labute approximate surface area is 166 Å². The minimum absolute atomic E-state index is 0.122. The van der Waals surface area contributed by atoms with Crippen LogP contribution in [0, 0.1) is 0 Å². The molecule has 0 bridgehead atoms. The lowest BCUT2D eigenvalue weighted by Gasteiger charge is -2.18. The van der Waals surface area contributed by atoms with Crippen molar-refractivity contribution in [3.8, 4) is 16.3 Å². The fourth-order valence-corrected chi connectivity index (χ4v) is 3.94. The van der Waals surface area contributed by atoms with Crippen LogP contribution in [-0.4, -0.2) is 29.9 Å². The molecule has 1 heterocycles. The third-order valence-electron chi connectivity index (χ3n) is 3.82. The number of benzene rings is 2. The minimum Gasteiger partial charge on any atom is -0.496 e. The number of halogens is 2. The van der Waals surface area contributed by atoms with Gasteiger partial charge in [0.15, 0.2) is 0 Å². The zero-order valence-corrected chi connectivity index (χ0v) is 16.5. The van der Waals surface area contributed by atoms with E-state index in [0.717, 1.165) is 11.1 Å². The summed E-state index contributed by atoms with van der Waals surface area (Å²) in [5.41, 5.74) is 1.66. The van der Waals surface area contributed by atoms with Crippen molar-refractivity contribution in [1.29, 1.82) is 0 Å². The van der Waals surface area contributed by atoms with Gasteiger partial charge in [-0.15, -0.1) is 11.3 Å². The summed E-state index contributed by atoms with van der Waals surface area (Å²) in [5.74, 6) is 0.568. The second kappa shape index (κ2) is 8.08. The highest BCUT2D eigenvalue weighted by atomic mass is 35.5. The standard InChI is InChI=1S/C19H16Cl2N2O2S/c1-23(11-12-9-13(20)7-8-16(12)25-2)19(24)17-10-22-18(26-17)14-5-3-4-6-15(14)21/h3-10H,11H2,1-2H3. The molecular formula is C19H16Cl2N2O2S. The zero-order valence-electron chi connectivity index (χ0n) is 14.2. The van der Waals surface area contributed by atoms with E-state index < -0.39 is 0 Å². The molecule has 4 nitrogen and oxygen atoms in total. The van der Waals surface area contributed by atoms with Crippen LogP contribution in [0.1, 0.15) is 15.2 Å². The Morgan fingerprint density at radius 1 is 1.23 bits per heavy atom. The van der Waals surface area contributed by atoms with Crippen molar-refractivity contribution in [2.75, 3.05) is 14.2 Å². The third kappa shape index (κ3) is 4.01. The van der Waals surface area contributed by atoms with Crippen LogP contribution in [0.2, 0.25) is 10.0 Å². The van der Waals surface area contributed by atoms with Gasteiger partial charge in [-0.25, -0.2) is 4.98 Å². The summed E-state index contributed by atoms with van der Waals surface area (Å²) in [5, 5.41) is 1.92. The monoisotopic (exact) mass is 406 g/mol. The van der Waals surface area contributed by atoms with Crippen LogP contribution in [-0.2, 0) is 6.54 Å². The Kier molecular flexibility index (Phi) is 5.81. The van der Waals surface area contributed by atoms with E-state index in [4.69, 9.17) is 27.9 Å². The van der Waals surface area contributed by atoms with Gasteiger partial charge in [-0.1, -0.05) is 41.4 Å². The van der Waals surface area contributed by atoms with Crippen LogP contribution in [0.25, 0.3) is 10.6 Å². The van der Waals surface area contributed by atoms with Gasteiger partial charge in [0.05, 0.1) is 18.3 Å². The first-order valence-electron chi connectivity index (χ1n) is 7.78. The molecule has 0 N–H and O–H groups in total. The highest BCUT2D eigenvalue weighted by Gasteiger charge is 2.18. The van der Waals surface area contributed by atoms with Crippen molar-refractivity contribution >= 4 is 40.4 Å². The van der Waals surface area contributed by atoms with Gasteiger partial charge in [0.2, 0.25) is 0 Å². The summed E-state index contributed by atoms with van der Waals surface area (Å²) in [4.78, 5) is 19.3. The van der Waals surface area contributed by atoms with Crippen LogP contribution < -0.4 is 4.74 Å². The number of hydrogen-bond acceptors (Lipinski definition) is 4. The average molecular weight is 407 g/mol. The van der Waals surface area contributed by atoms with Gasteiger partial charge in [0.1, 0.15) is 15.6 Å². The minimum atomic E-state index is -0.122. The van der Waals surface area contributed by atoms with Gasteiger partial charge >= 0.3 is 0 Å². The smallest absolute Gasteiger partial charge is 0.265 e. The first-order valence-corrected chi connectivity index (χ1v) is 9.35. The fourth-order valence-electron chi connectivity index (χ4n) is 2.52. The quantitative estimate of drug-likeness (QED) is 0.569. The first kappa shape index (κ1) is 18.7. The number of hydrogen-bond donors (Lipinski definition) is 0. The Bertz CT molecular complexity index is 943. The maximum absolute atomic E-state index is 12.8. The van der Waals surface area contributed by atoms with Gasteiger partial charge in [-0.3, -0.25) is 4.79 Å². The topological polar surface area (TPSA) is 42.4 Å². The van der Waals surface area contributed by atoms with E-state index in [1.54, 1.807) is 49.5 Å². The third-order valence-corrected chi connectivity index (χ3v) is 5.40. The summed E-state index contributed by atoms with van der Waals surface area (Å²) >= 11 is 13.6. The van der Waals surface area contributed by atoms with Gasteiger partial charge in [0, 0.05) is 29.7 Å². The largest absolute Gasteiger partial charge is 0.496 e. The van der Waals surface area contributed by atoms with Gasteiger partial charge in [0.25, 0.3) is 5.91 Å². The molecule has 3 aromatic rings. The van der Waals surface area contributed by atoms with Gasteiger partial charge in [-0.05, 0) is 24.3 Å². The summed E-state index contributed by atoms with van der Waals surface area (Å²) in [6.07, 6.45) is 1.58. The van der Waals surface area contributed by atoms with Crippen LogP contribution in [0.5, 0.6) is 5.75 Å². The molecule has 0 spiro atoms. The molecule has 0 aliphatic heterocycles. The molecule has 0 fully saturated rings. The van der Waals surface area contributed by atoms with Crippen molar-refractivity contribution < 1.29 is 9.53 Å². The highest BCUT2D eigenvalue weighted by molar-refractivity contribution is 7.17. The zero-order chi connectivity index (χ0) is 18.7. The summed E-state index contributed by atoms with van der Waals surface area (Å²) in [7, 11) is 3.32. The lowest BCUT2D eigenvalue weighted by Crippen LogP contribution is -2.25. The van der Waals surface area contributed by atoms with Crippen molar-refractivity contribution in [3.63, 3.8) is 0 Å². The predicted molar refractivity (Wildman–Crippen MR) is 106 cm³/mol. The highest BCUT2D eigenvalue weighted by Crippen LogP contribution is 2.31. The first-order chi connectivity index (χ1) is 12.5. The molecule has 0 saturated heterocycles. The maximum atomic E-state index is 12.8. The number of carbonyl (C=O) groups excluding carboxylic acids is 1. The molecular weight excluding hydrogens is 391 g/mol. The van der Waals surface area contributed by atoms with Crippen molar-refractivity contribution in [2.24, 2.45) is 0 Å². The molecule has 2 aromatic carbocycles. The molecule has 3 rings (SSSR count). The van der Waals surface area contributed by atoms with Crippen LogP contribution in [0.15, 0.2) is 48.7 Å². The van der Waals surface area contributed by atoms with E-state index in [0.29, 0.717) is 32.2 Å². The van der Waals surface area contributed by atoms with E-state index in [1.165, 1.54) is 11.3 Å².